The smallest absolute Gasteiger partial charge is 0.323 e. The fourth-order valence-corrected chi connectivity index (χ4v) is 2.70. The largest absolute Gasteiger partial charge is 0.481 e. The van der Waals surface area contributed by atoms with E-state index in [2.05, 4.69) is 15.0 Å². The summed E-state index contributed by atoms with van der Waals surface area (Å²) in [5.74, 6) is -2.07. The number of aliphatic hydroxyl groups is 2. The summed E-state index contributed by atoms with van der Waals surface area (Å²) in [5.41, 5.74) is 11.7. The van der Waals surface area contributed by atoms with Gasteiger partial charge < -0.3 is 36.3 Å². The lowest BCUT2D eigenvalue weighted by molar-refractivity contribution is -0.154. The Bertz CT molecular complexity index is 858. The first kappa shape index (κ1) is 18.9. The highest BCUT2D eigenvalue weighted by Gasteiger charge is 2.45. The van der Waals surface area contributed by atoms with Crippen LogP contribution in [0.4, 0.5) is 5.82 Å². The van der Waals surface area contributed by atoms with E-state index in [0.717, 1.165) is 0 Å². The van der Waals surface area contributed by atoms with Gasteiger partial charge in [0.05, 0.1) is 12.7 Å². The van der Waals surface area contributed by atoms with Crippen LogP contribution in [-0.2, 0) is 19.1 Å². The minimum absolute atomic E-state index is 0.143. The molecule has 3 rings (SSSR count). The average molecular weight is 382 g/mol. The fourth-order valence-electron chi connectivity index (χ4n) is 2.70. The predicted molar refractivity (Wildman–Crippen MR) is 86.8 cm³/mol. The number of carbonyl (C=O) groups is 2. The Balaban J connectivity index is 1.69. The van der Waals surface area contributed by atoms with Crippen molar-refractivity contribution in [1.82, 2.24) is 19.5 Å². The summed E-state index contributed by atoms with van der Waals surface area (Å²) in [6.45, 7) is -0.426. The fraction of sp³-hybridized carbons (Fsp3) is 0.500. The van der Waals surface area contributed by atoms with Crippen LogP contribution in [0.2, 0.25) is 0 Å². The maximum absolute atomic E-state index is 11.7. The number of nitrogen functional groups attached to an aromatic ring is 1. The number of anilines is 1. The molecule has 5 atom stereocenters. The lowest BCUT2D eigenvalue weighted by Gasteiger charge is -2.16. The Hall–Kier alpha value is -2.87. The van der Waals surface area contributed by atoms with E-state index in [1.54, 1.807) is 0 Å². The molecule has 0 radical (unpaired) electrons. The minimum Gasteiger partial charge on any atom is -0.481 e. The summed E-state index contributed by atoms with van der Waals surface area (Å²) < 4.78 is 11.8. The second-order valence-corrected chi connectivity index (χ2v) is 5.96. The molecule has 1 aliphatic heterocycles. The highest BCUT2D eigenvalue weighted by molar-refractivity contribution is 5.82. The molecule has 13 heteroatoms. The topological polar surface area (TPSA) is 209 Å². The summed E-state index contributed by atoms with van der Waals surface area (Å²) >= 11 is 0. The Morgan fingerprint density at radius 2 is 2.04 bits per heavy atom. The van der Waals surface area contributed by atoms with Crippen molar-refractivity contribution in [2.45, 2.75) is 37.0 Å². The monoisotopic (exact) mass is 382 g/mol. The van der Waals surface area contributed by atoms with Crippen molar-refractivity contribution in [2.75, 3.05) is 12.3 Å². The molecular formula is C14H18N6O7. The number of carbonyl (C=O) groups excluding carboxylic acids is 1. The number of hydrogen-bond acceptors (Lipinski definition) is 11. The Labute approximate surface area is 151 Å². The molecule has 0 aliphatic carbocycles. The highest BCUT2D eigenvalue weighted by Crippen LogP contribution is 2.32. The van der Waals surface area contributed by atoms with E-state index >= 15 is 0 Å². The van der Waals surface area contributed by atoms with Crippen LogP contribution < -0.4 is 11.5 Å². The van der Waals surface area contributed by atoms with E-state index in [0.29, 0.717) is 11.2 Å². The lowest BCUT2D eigenvalue weighted by Crippen LogP contribution is -2.38. The number of nitrogens with zero attached hydrogens (tertiary/aromatic N) is 4. The quantitative estimate of drug-likeness (QED) is 0.325. The third kappa shape index (κ3) is 3.66. The SMILES string of the molecule is Nc1ncnc2c1ncn2[C@@H]1O[C@H](COC(=O)[C@H](N)CC(=O)O)[C@@H](O)[C@@H]1O. The average Bonchev–Trinajstić information content (AvgIpc) is 3.16. The van der Waals surface area contributed by atoms with Gasteiger partial charge in [0.25, 0.3) is 0 Å². The number of carboxylic acid groups (broad SMARTS) is 1. The molecule has 0 spiro atoms. The first-order valence-electron chi connectivity index (χ1n) is 7.88. The number of imidazole rings is 1. The van der Waals surface area contributed by atoms with Gasteiger partial charge in [-0.3, -0.25) is 14.2 Å². The van der Waals surface area contributed by atoms with Crippen LogP contribution in [0, 0.1) is 0 Å². The zero-order valence-corrected chi connectivity index (χ0v) is 13.9. The second-order valence-electron chi connectivity index (χ2n) is 5.96. The number of nitrogens with two attached hydrogens (primary N) is 2. The van der Waals surface area contributed by atoms with Gasteiger partial charge in [-0.2, -0.15) is 0 Å². The summed E-state index contributed by atoms with van der Waals surface area (Å²) in [5, 5.41) is 29.1. The van der Waals surface area contributed by atoms with Gasteiger partial charge in [-0.15, -0.1) is 0 Å². The minimum atomic E-state index is -1.38. The maximum Gasteiger partial charge on any atom is 0.323 e. The number of aromatic nitrogens is 4. The maximum atomic E-state index is 11.7. The molecule has 0 bridgehead atoms. The number of aliphatic hydroxyl groups excluding tert-OH is 2. The van der Waals surface area contributed by atoms with Crippen molar-refractivity contribution in [3.05, 3.63) is 12.7 Å². The molecule has 0 unspecified atom stereocenters. The van der Waals surface area contributed by atoms with Crippen molar-refractivity contribution in [3.63, 3.8) is 0 Å². The van der Waals surface area contributed by atoms with Crippen LogP contribution in [0.3, 0.4) is 0 Å². The number of hydrogen-bond donors (Lipinski definition) is 5. The van der Waals surface area contributed by atoms with E-state index in [4.69, 9.17) is 26.0 Å². The first-order chi connectivity index (χ1) is 12.8. The van der Waals surface area contributed by atoms with E-state index < -0.39 is 55.5 Å². The van der Waals surface area contributed by atoms with E-state index in [1.807, 2.05) is 0 Å². The predicted octanol–water partition coefficient (Wildman–Crippen LogP) is -2.63. The molecule has 2 aromatic heterocycles. The zero-order valence-electron chi connectivity index (χ0n) is 13.9. The summed E-state index contributed by atoms with van der Waals surface area (Å²) in [7, 11) is 0. The van der Waals surface area contributed by atoms with Gasteiger partial charge in [-0.25, -0.2) is 15.0 Å². The van der Waals surface area contributed by atoms with Gasteiger partial charge in [-0.05, 0) is 0 Å². The Kier molecular flexibility index (Phi) is 5.18. The van der Waals surface area contributed by atoms with E-state index in [1.165, 1.54) is 17.2 Å². The van der Waals surface area contributed by atoms with Gasteiger partial charge in [0.15, 0.2) is 17.7 Å². The summed E-state index contributed by atoms with van der Waals surface area (Å²) in [4.78, 5) is 34.2. The van der Waals surface area contributed by atoms with Crippen molar-refractivity contribution in [1.29, 1.82) is 0 Å². The van der Waals surface area contributed by atoms with Gasteiger partial charge in [-0.1, -0.05) is 0 Å². The molecule has 1 fully saturated rings. The Morgan fingerprint density at radius 3 is 2.74 bits per heavy atom. The van der Waals surface area contributed by atoms with Crippen molar-refractivity contribution in [2.24, 2.45) is 5.73 Å². The van der Waals surface area contributed by atoms with Crippen LogP contribution in [-0.4, -0.2) is 77.7 Å². The summed E-state index contributed by atoms with van der Waals surface area (Å²) in [6, 6.07) is -1.35. The molecule has 0 aromatic carbocycles. The highest BCUT2D eigenvalue weighted by atomic mass is 16.6. The van der Waals surface area contributed by atoms with Crippen LogP contribution >= 0.6 is 0 Å². The third-order valence-electron chi connectivity index (χ3n) is 4.09. The number of fused-ring (bicyclic) bond motifs is 1. The zero-order chi connectivity index (χ0) is 19.7. The molecule has 1 saturated heterocycles. The molecule has 1 aliphatic rings. The molecular weight excluding hydrogens is 364 g/mol. The Morgan fingerprint density at radius 1 is 1.30 bits per heavy atom. The second kappa shape index (κ2) is 7.40. The molecule has 2 aromatic rings. The number of carboxylic acids is 1. The molecule has 7 N–H and O–H groups in total. The van der Waals surface area contributed by atoms with Crippen LogP contribution in [0.5, 0.6) is 0 Å². The number of esters is 1. The molecule has 27 heavy (non-hydrogen) atoms. The third-order valence-corrected chi connectivity index (χ3v) is 4.09. The van der Waals surface area contributed by atoms with Crippen LogP contribution in [0.1, 0.15) is 12.6 Å². The molecule has 3 heterocycles. The number of rotatable bonds is 6. The van der Waals surface area contributed by atoms with Gasteiger partial charge >= 0.3 is 11.9 Å². The lowest BCUT2D eigenvalue weighted by atomic mass is 10.1. The van der Waals surface area contributed by atoms with Gasteiger partial charge in [0.1, 0.15) is 42.8 Å². The van der Waals surface area contributed by atoms with E-state index in [9.17, 15) is 19.8 Å². The first-order valence-corrected chi connectivity index (χ1v) is 7.88. The number of aliphatic carboxylic acids is 1. The molecule has 146 valence electrons. The van der Waals surface area contributed by atoms with Crippen molar-refractivity contribution < 1.29 is 34.4 Å². The van der Waals surface area contributed by atoms with Crippen molar-refractivity contribution in [3.8, 4) is 0 Å². The number of ether oxygens (including phenoxy) is 2. The van der Waals surface area contributed by atoms with Crippen LogP contribution in [0.15, 0.2) is 12.7 Å². The molecule has 0 amide bonds. The molecule has 0 saturated carbocycles. The molecule has 13 nitrogen and oxygen atoms in total. The van der Waals surface area contributed by atoms with Gasteiger partial charge in [0.2, 0.25) is 0 Å². The van der Waals surface area contributed by atoms with Crippen molar-refractivity contribution >= 4 is 28.9 Å². The van der Waals surface area contributed by atoms with E-state index in [-0.39, 0.29) is 5.82 Å². The standard InChI is InChI=1S/C14H18N6O7/c15-5(1-7(21)22)14(25)26-2-6-9(23)10(24)13(27-6)20-4-19-8-11(16)17-3-18-12(8)20/h3-6,9-10,13,23-24H,1-2,15H2,(H,21,22)(H2,16,17,18)/t5-,6-,9-,10+,13-/m1/s1. The summed E-state index contributed by atoms with van der Waals surface area (Å²) in [6.07, 6.45) is -2.92. The normalized spacial score (nSPS) is 26.2. The van der Waals surface area contributed by atoms with Crippen LogP contribution in [0.25, 0.3) is 11.2 Å². The van der Waals surface area contributed by atoms with Gasteiger partial charge in [0, 0.05) is 0 Å².